The van der Waals surface area contributed by atoms with Gasteiger partial charge in [0.05, 0.1) is 0 Å². The molecular formula is C22H22FN5O. The molecule has 0 unspecified atom stereocenters. The molecule has 2 N–H and O–H groups in total. The monoisotopic (exact) mass is 391 g/mol. The fraction of sp³-hybridized carbons (Fsp3) is 0.227. The fourth-order valence-electron chi connectivity index (χ4n) is 3.31. The molecule has 2 heterocycles. The Balaban J connectivity index is 1.39. The first-order chi connectivity index (χ1) is 14.2. The third kappa shape index (κ3) is 4.68. The zero-order valence-electron chi connectivity index (χ0n) is 15.9. The molecule has 0 aliphatic carbocycles. The van der Waals surface area contributed by atoms with E-state index in [0.717, 1.165) is 18.8 Å². The van der Waals surface area contributed by atoms with E-state index >= 15 is 0 Å². The van der Waals surface area contributed by atoms with E-state index in [1.807, 2.05) is 12.1 Å². The van der Waals surface area contributed by atoms with Crippen molar-refractivity contribution in [2.45, 2.75) is 19.4 Å². The lowest BCUT2D eigenvalue weighted by atomic mass is 10.2. The van der Waals surface area contributed by atoms with Gasteiger partial charge in [0.25, 0.3) is 5.91 Å². The molecule has 6 nitrogen and oxygen atoms in total. The molecule has 0 atom stereocenters. The Hall–Kier alpha value is -3.48. The third-order valence-electron chi connectivity index (χ3n) is 4.88. The molecule has 0 bridgehead atoms. The maximum Gasteiger partial charge on any atom is 0.270 e. The summed E-state index contributed by atoms with van der Waals surface area (Å²) in [7, 11) is 0. The Bertz CT molecular complexity index is 987. The van der Waals surface area contributed by atoms with Gasteiger partial charge in [0, 0.05) is 42.8 Å². The second-order valence-corrected chi connectivity index (χ2v) is 6.91. The van der Waals surface area contributed by atoms with Crippen molar-refractivity contribution in [2.24, 2.45) is 0 Å². The molecule has 4 rings (SSSR count). The molecule has 1 fully saturated rings. The summed E-state index contributed by atoms with van der Waals surface area (Å²) in [6.07, 6.45) is 3.99. The zero-order valence-corrected chi connectivity index (χ0v) is 15.9. The van der Waals surface area contributed by atoms with Crippen molar-refractivity contribution >= 4 is 23.2 Å². The van der Waals surface area contributed by atoms with E-state index in [2.05, 4.69) is 37.6 Å². The minimum absolute atomic E-state index is 0.0935. The standard InChI is InChI=1S/C22H22FN5O/c23-19-6-2-1-5-16(19)15-25-21(29)20-11-12-24-22(27-20)26-17-7-9-18(10-8-17)28-13-3-4-14-28/h1-2,5-12H,3-4,13-15H2,(H,25,29)(H,24,26,27). The van der Waals surface area contributed by atoms with Gasteiger partial charge in [0.1, 0.15) is 11.5 Å². The lowest BCUT2D eigenvalue weighted by molar-refractivity contribution is 0.0945. The molecule has 2 aromatic carbocycles. The summed E-state index contributed by atoms with van der Waals surface area (Å²) in [6, 6.07) is 15.9. The van der Waals surface area contributed by atoms with Gasteiger partial charge in [-0.15, -0.1) is 0 Å². The number of aromatic nitrogens is 2. The molecule has 1 amide bonds. The first kappa shape index (κ1) is 18.9. The number of nitrogens with one attached hydrogen (secondary N) is 2. The quantitative estimate of drug-likeness (QED) is 0.667. The maximum absolute atomic E-state index is 13.7. The molecule has 7 heteroatoms. The number of nitrogens with zero attached hydrogens (tertiary/aromatic N) is 3. The van der Waals surface area contributed by atoms with Gasteiger partial charge >= 0.3 is 0 Å². The molecule has 3 aromatic rings. The van der Waals surface area contributed by atoms with Gasteiger partial charge in [-0.05, 0) is 49.2 Å². The van der Waals surface area contributed by atoms with Crippen LogP contribution in [-0.2, 0) is 6.54 Å². The molecule has 148 valence electrons. The number of amides is 1. The van der Waals surface area contributed by atoms with Crippen LogP contribution in [-0.4, -0.2) is 29.0 Å². The SMILES string of the molecule is O=C(NCc1ccccc1F)c1ccnc(Nc2ccc(N3CCCC3)cc2)n1. The average molecular weight is 391 g/mol. The van der Waals surface area contributed by atoms with Crippen LogP contribution < -0.4 is 15.5 Å². The van der Waals surface area contributed by atoms with Crippen LogP contribution in [0.2, 0.25) is 0 Å². The molecule has 29 heavy (non-hydrogen) atoms. The highest BCUT2D eigenvalue weighted by molar-refractivity contribution is 5.92. The van der Waals surface area contributed by atoms with Crippen LogP contribution in [0.4, 0.5) is 21.7 Å². The highest BCUT2D eigenvalue weighted by Gasteiger charge is 2.13. The predicted octanol–water partition coefficient (Wildman–Crippen LogP) is 3.89. The number of hydrogen-bond acceptors (Lipinski definition) is 5. The van der Waals surface area contributed by atoms with Gasteiger partial charge in [0.15, 0.2) is 0 Å². The fourth-order valence-corrected chi connectivity index (χ4v) is 3.31. The van der Waals surface area contributed by atoms with E-state index < -0.39 is 0 Å². The Kier molecular flexibility index (Phi) is 5.65. The van der Waals surface area contributed by atoms with Crippen molar-refractivity contribution in [2.75, 3.05) is 23.3 Å². The van der Waals surface area contributed by atoms with Crippen LogP contribution in [0, 0.1) is 5.82 Å². The first-order valence-electron chi connectivity index (χ1n) is 9.66. The van der Waals surface area contributed by atoms with Crippen molar-refractivity contribution in [3.05, 3.63) is 77.9 Å². The van der Waals surface area contributed by atoms with Crippen molar-refractivity contribution in [3.8, 4) is 0 Å². The Morgan fingerprint density at radius 1 is 1.03 bits per heavy atom. The Morgan fingerprint density at radius 3 is 2.55 bits per heavy atom. The van der Waals surface area contributed by atoms with Crippen LogP contribution in [0.3, 0.4) is 0 Å². The van der Waals surface area contributed by atoms with E-state index in [-0.39, 0.29) is 24.0 Å². The van der Waals surface area contributed by atoms with E-state index in [1.54, 1.807) is 18.2 Å². The second-order valence-electron chi connectivity index (χ2n) is 6.91. The molecule has 0 radical (unpaired) electrons. The van der Waals surface area contributed by atoms with Gasteiger partial charge in [-0.25, -0.2) is 14.4 Å². The van der Waals surface area contributed by atoms with E-state index in [0.29, 0.717) is 11.5 Å². The van der Waals surface area contributed by atoms with Gasteiger partial charge in [-0.1, -0.05) is 18.2 Å². The lowest BCUT2D eigenvalue weighted by Crippen LogP contribution is -2.24. The third-order valence-corrected chi connectivity index (χ3v) is 4.88. The number of benzene rings is 2. The van der Waals surface area contributed by atoms with Gasteiger partial charge in [-0.2, -0.15) is 0 Å². The smallest absolute Gasteiger partial charge is 0.270 e. The topological polar surface area (TPSA) is 70.2 Å². The van der Waals surface area contributed by atoms with Crippen molar-refractivity contribution in [1.82, 2.24) is 15.3 Å². The predicted molar refractivity (Wildman–Crippen MR) is 111 cm³/mol. The number of anilines is 3. The first-order valence-corrected chi connectivity index (χ1v) is 9.66. The van der Waals surface area contributed by atoms with Gasteiger partial charge in [0.2, 0.25) is 5.95 Å². The van der Waals surface area contributed by atoms with Crippen LogP contribution >= 0.6 is 0 Å². The minimum atomic E-state index is -0.386. The van der Waals surface area contributed by atoms with Crippen LogP contribution in [0.15, 0.2) is 60.8 Å². The van der Waals surface area contributed by atoms with Gasteiger partial charge < -0.3 is 15.5 Å². The van der Waals surface area contributed by atoms with E-state index in [9.17, 15) is 9.18 Å². The Labute approximate surface area is 168 Å². The van der Waals surface area contributed by atoms with E-state index in [1.165, 1.54) is 36.9 Å². The summed E-state index contributed by atoms with van der Waals surface area (Å²) in [5.41, 5.74) is 2.69. The highest BCUT2D eigenvalue weighted by atomic mass is 19.1. The second kappa shape index (κ2) is 8.68. The summed E-state index contributed by atoms with van der Waals surface area (Å²) in [6.45, 7) is 2.29. The molecule has 0 saturated carbocycles. The van der Waals surface area contributed by atoms with Crippen LogP contribution in [0.1, 0.15) is 28.9 Å². The summed E-state index contributed by atoms with van der Waals surface area (Å²) >= 11 is 0. The van der Waals surface area contributed by atoms with Crippen LogP contribution in [0.25, 0.3) is 0 Å². The summed E-state index contributed by atoms with van der Waals surface area (Å²) < 4.78 is 13.7. The molecule has 0 spiro atoms. The lowest BCUT2D eigenvalue weighted by Gasteiger charge is -2.17. The number of halogens is 1. The van der Waals surface area contributed by atoms with Crippen molar-refractivity contribution < 1.29 is 9.18 Å². The summed E-state index contributed by atoms with van der Waals surface area (Å²) in [5.74, 6) is -0.407. The van der Waals surface area contributed by atoms with Gasteiger partial charge in [-0.3, -0.25) is 4.79 Å². The molecule has 1 aliphatic heterocycles. The molecule has 1 aromatic heterocycles. The summed E-state index contributed by atoms with van der Waals surface area (Å²) in [4.78, 5) is 23.2. The minimum Gasteiger partial charge on any atom is -0.372 e. The highest BCUT2D eigenvalue weighted by Crippen LogP contribution is 2.23. The largest absolute Gasteiger partial charge is 0.372 e. The van der Waals surface area contributed by atoms with E-state index in [4.69, 9.17) is 0 Å². The molecule has 1 saturated heterocycles. The number of carbonyl (C=O) groups excluding carboxylic acids is 1. The normalized spacial score (nSPS) is 13.3. The maximum atomic E-state index is 13.7. The Morgan fingerprint density at radius 2 is 1.79 bits per heavy atom. The number of hydrogen-bond donors (Lipinski definition) is 2. The summed E-state index contributed by atoms with van der Waals surface area (Å²) in [5, 5.41) is 5.80. The van der Waals surface area contributed by atoms with Crippen molar-refractivity contribution in [3.63, 3.8) is 0 Å². The molecular weight excluding hydrogens is 369 g/mol. The molecule has 1 aliphatic rings. The number of rotatable bonds is 6. The average Bonchev–Trinajstić information content (AvgIpc) is 3.29. The number of carbonyl (C=O) groups is 1. The zero-order chi connectivity index (χ0) is 20.1. The van der Waals surface area contributed by atoms with Crippen molar-refractivity contribution in [1.29, 1.82) is 0 Å². The van der Waals surface area contributed by atoms with Crippen LogP contribution in [0.5, 0.6) is 0 Å².